The van der Waals surface area contributed by atoms with Crippen LogP contribution in [0.5, 0.6) is 0 Å². The molecule has 2 aliphatic heterocycles. The number of nitrogens with one attached hydrogen (secondary N) is 1. The Bertz CT molecular complexity index is 1540. The standard InChI is InChI=1S/C31H41N7O4S/c1-20-24(35-9-11-36(12-10-35)43(2,41)42)7-8-27(33-20)37-13-14-38(26-6-4-3-5-25(26)37)30(40)34-28-22-15-21-16-23(28)19-31(17-21,18-22)29(32)39/h3-8,21-23,28H,9-19H2,1-2H3,(H2,32,39)(H,34,40). The van der Waals surface area contributed by atoms with Crippen molar-refractivity contribution in [3.8, 4) is 0 Å². The normalized spacial score (nSPS) is 30.3. The SMILES string of the molecule is Cc1nc(N2CCN(C(=O)NC3C4CC5CC3CC(C(N)=O)(C5)C4)c3ccccc32)ccc1N1CCN(S(C)(=O)=O)CC1. The summed E-state index contributed by atoms with van der Waals surface area (Å²) < 4.78 is 25.4. The van der Waals surface area contributed by atoms with Crippen LogP contribution in [0.1, 0.15) is 37.8 Å². The second kappa shape index (κ2) is 10.4. The molecule has 2 aromatic rings. The highest BCUT2D eigenvalue weighted by atomic mass is 32.2. The second-order valence-corrected chi connectivity index (χ2v) is 15.3. The van der Waals surface area contributed by atoms with Gasteiger partial charge in [0.2, 0.25) is 15.9 Å². The largest absolute Gasteiger partial charge is 0.369 e. The number of urea groups is 1. The molecule has 1 saturated heterocycles. The van der Waals surface area contributed by atoms with E-state index in [2.05, 4.69) is 21.2 Å². The maximum absolute atomic E-state index is 13.8. The molecule has 1 aromatic carbocycles. The minimum atomic E-state index is -3.19. The number of nitrogens with two attached hydrogens (primary N) is 1. The summed E-state index contributed by atoms with van der Waals surface area (Å²) in [4.78, 5) is 37.4. The molecule has 0 spiro atoms. The van der Waals surface area contributed by atoms with E-state index in [1.807, 2.05) is 42.2 Å². The molecule has 4 bridgehead atoms. The van der Waals surface area contributed by atoms with Gasteiger partial charge in [0.05, 0.1) is 29.0 Å². The number of piperazine rings is 1. The Kier molecular flexibility index (Phi) is 6.84. The van der Waals surface area contributed by atoms with E-state index < -0.39 is 10.0 Å². The molecular formula is C31H41N7O4S. The number of fused-ring (bicyclic) bond motifs is 1. The van der Waals surface area contributed by atoms with E-state index in [0.29, 0.717) is 57.0 Å². The van der Waals surface area contributed by atoms with Crippen molar-refractivity contribution in [2.24, 2.45) is 28.9 Å². The monoisotopic (exact) mass is 607 g/mol. The Labute approximate surface area is 253 Å². The van der Waals surface area contributed by atoms with Gasteiger partial charge in [-0.05, 0) is 81.0 Å². The summed E-state index contributed by atoms with van der Waals surface area (Å²) in [5, 5.41) is 3.40. The number of carbonyl (C=O) groups is 2. The van der Waals surface area contributed by atoms with Gasteiger partial charge in [0.25, 0.3) is 0 Å². The van der Waals surface area contributed by atoms with E-state index in [1.54, 1.807) is 0 Å². The summed E-state index contributed by atoms with van der Waals surface area (Å²) in [6.07, 6.45) is 5.89. The number of hydrogen-bond donors (Lipinski definition) is 2. The smallest absolute Gasteiger partial charge is 0.322 e. The lowest BCUT2D eigenvalue weighted by atomic mass is 9.47. The van der Waals surface area contributed by atoms with Crippen LogP contribution in [0.15, 0.2) is 36.4 Å². The van der Waals surface area contributed by atoms with Crippen molar-refractivity contribution in [3.63, 3.8) is 0 Å². The van der Waals surface area contributed by atoms with Gasteiger partial charge in [0.1, 0.15) is 5.82 Å². The minimum Gasteiger partial charge on any atom is -0.369 e. The zero-order valence-electron chi connectivity index (χ0n) is 24.9. The number of benzene rings is 1. The Morgan fingerprint density at radius 2 is 1.58 bits per heavy atom. The Hall–Kier alpha value is -3.38. The number of amides is 3. The van der Waals surface area contributed by atoms with Crippen molar-refractivity contribution in [1.29, 1.82) is 0 Å². The average molecular weight is 608 g/mol. The predicted molar refractivity (Wildman–Crippen MR) is 166 cm³/mol. The highest BCUT2D eigenvalue weighted by Gasteiger charge is 2.58. The molecule has 43 heavy (non-hydrogen) atoms. The maximum Gasteiger partial charge on any atom is 0.322 e. The molecule has 3 heterocycles. The van der Waals surface area contributed by atoms with Crippen LogP contribution in [0.25, 0.3) is 0 Å². The van der Waals surface area contributed by atoms with E-state index in [1.165, 1.54) is 10.6 Å². The summed E-state index contributed by atoms with van der Waals surface area (Å²) in [6.45, 7) is 5.29. The zero-order chi connectivity index (χ0) is 30.1. The summed E-state index contributed by atoms with van der Waals surface area (Å²) in [5.41, 5.74) is 9.18. The number of sulfonamides is 1. The van der Waals surface area contributed by atoms with Crippen molar-refractivity contribution < 1.29 is 18.0 Å². The fourth-order valence-corrected chi connectivity index (χ4v) is 9.70. The first-order valence-electron chi connectivity index (χ1n) is 15.4. The Balaban J connectivity index is 1.07. The van der Waals surface area contributed by atoms with E-state index in [0.717, 1.165) is 60.7 Å². The molecule has 2 unspecified atom stereocenters. The minimum absolute atomic E-state index is 0.0783. The van der Waals surface area contributed by atoms with Gasteiger partial charge in [-0.1, -0.05) is 12.1 Å². The highest BCUT2D eigenvalue weighted by molar-refractivity contribution is 7.88. The quantitative estimate of drug-likeness (QED) is 0.534. The highest BCUT2D eigenvalue weighted by Crippen LogP contribution is 2.60. The number of nitrogens with zero attached hydrogens (tertiary/aromatic N) is 5. The molecule has 4 saturated carbocycles. The maximum atomic E-state index is 13.8. The van der Waals surface area contributed by atoms with Crippen molar-refractivity contribution in [1.82, 2.24) is 14.6 Å². The Morgan fingerprint density at radius 3 is 2.21 bits per heavy atom. The molecule has 4 aliphatic carbocycles. The zero-order valence-corrected chi connectivity index (χ0v) is 25.7. The van der Waals surface area contributed by atoms with Crippen LogP contribution in [0, 0.1) is 30.1 Å². The molecule has 1 aromatic heterocycles. The van der Waals surface area contributed by atoms with Crippen molar-refractivity contribution >= 4 is 44.8 Å². The third-order valence-electron chi connectivity index (χ3n) is 10.7. The van der Waals surface area contributed by atoms with Crippen LogP contribution in [0.4, 0.5) is 27.7 Å². The van der Waals surface area contributed by atoms with Crippen LogP contribution in [0.3, 0.4) is 0 Å². The van der Waals surface area contributed by atoms with Gasteiger partial charge in [-0.2, -0.15) is 4.31 Å². The van der Waals surface area contributed by atoms with Crippen LogP contribution >= 0.6 is 0 Å². The third-order valence-corrected chi connectivity index (χ3v) is 12.0. The molecule has 230 valence electrons. The fraction of sp³-hybridized carbons (Fsp3) is 0.581. The van der Waals surface area contributed by atoms with Crippen LogP contribution in [-0.4, -0.2) is 81.2 Å². The average Bonchev–Trinajstić information content (AvgIpc) is 2.97. The summed E-state index contributed by atoms with van der Waals surface area (Å²) >= 11 is 0. The third kappa shape index (κ3) is 4.92. The molecule has 3 amide bonds. The summed E-state index contributed by atoms with van der Waals surface area (Å²) in [5.74, 6) is 1.81. The number of aromatic nitrogens is 1. The topological polar surface area (TPSA) is 132 Å². The van der Waals surface area contributed by atoms with Gasteiger partial charge >= 0.3 is 6.03 Å². The first kappa shape index (κ1) is 28.4. The lowest BCUT2D eigenvalue weighted by Crippen LogP contribution is -2.63. The lowest BCUT2D eigenvalue weighted by molar-refractivity contribution is -0.145. The molecule has 0 radical (unpaired) electrons. The van der Waals surface area contributed by atoms with E-state index in [-0.39, 0.29) is 23.4 Å². The summed E-state index contributed by atoms with van der Waals surface area (Å²) in [7, 11) is -3.19. The van der Waals surface area contributed by atoms with Crippen LogP contribution in [-0.2, 0) is 14.8 Å². The van der Waals surface area contributed by atoms with E-state index in [9.17, 15) is 18.0 Å². The Morgan fingerprint density at radius 1 is 0.907 bits per heavy atom. The number of pyridine rings is 1. The molecule has 8 rings (SSSR count). The van der Waals surface area contributed by atoms with Gasteiger partial charge in [-0.25, -0.2) is 18.2 Å². The van der Waals surface area contributed by atoms with Crippen molar-refractivity contribution in [2.75, 3.05) is 60.2 Å². The van der Waals surface area contributed by atoms with Crippen molar-refractivity contribution in [2.45, 2.75) is 45.1 Å². The number of para-hydroxylation sites is 2. The number of carbonyl (C=O) groups excluding carboxylic acids is 2. The first-order chi connectivity index (χ1) is 20.5. The molecule has 5 fully saturated rings. The number of primary amides is 1. The number of hydrogen-bond acceptors (Lipinski definition) is 7. The molecule has 12 heteroatoms. The van der Waals surface area contributed by atoms with Crippen LogP contribution < -0.4 is 25.8 Å². The van der Waals surface area contributed by atoms with E-state index >= 15 is 0 Å². The first-order valence-corrected chi connectivity index (χ1v) is 17.3. The number of rotatable bonds is 5. The van der Waals surface area contributed by atoms with Gasteiger partial charge in [-0.3, -0.25) is 9.69 Å². The predicted octanol–water partition coefficient (Wildman–Crippen LogP) is 2.82. The fourth-order valence-electron chi connectivity index (χ4n) is 8.88. The van der Waals surface area contributed by atoms with Crippen LogP contribution in [0.2, 0.25) is 0 Å². The lowest BCUT2D eigenvalue weighted by Gasteiger charge is -2.59. The second-order valence-electron chi connectivity index (χ2n) is 13.3. The molecule has 6 aliphatic rings. The molecule has 2 atom stereocenters. The van der Waals surface area contributed by atoms with Gasteiger partial charge in [-0.15, -0.1) is 0 Å². The molecule has 11 nitrogen and oxygen atoms in total. The van der Waals surface area contributed by atoms with E-state index in [4.69, 9.17) is 10.7 Å². The van der Waals surface area contributed by atoms with Crippen molar-refractivity contribution in [3.05, 3.63) is 42.1 Å². The number of anilines is 4. The van der Waals surface area contributed by atoms with Gasteiger partial charge in [0, 0.05) is 50.7 Å². The van der Waals surface area contributed by atoms with Gasteiger partial charge in [0.15, 0.2) is 0 Å². The number of aryl methyl sites for hydroxylation is 1. The van der Waals surface area contributed by atoms with Gasteiger partial charge < -0.3 is 20.9 Å². The summed E-state index contributed by atoms with van der Waals surface area (Å²) in [6, 6.07) is 12.0. The molecule has 3 N–H and O–H groups in total. The molecular weight excluding hydrogens is 566 g/mol.